The molecule has 2 aromatic carbocycles. The van der Waals surface area contributed by atoms with E-state index in [4.69, 9.17) is 0 Å². The number of likely N-dealkylation sites (tertiary alicyclic amines) is 1. The zero-order valence-electron chi connectivity index (χ0n) is 17.8. The van der Waals surface area contributed by atoms with Gasteiger partial charge in [0, 0.05) is 30.4 Å². The molecule has 0 unspecified atom stereocenters. The molecule has 154 valence electrons. The van der Waals surface area contributed by atoms with Crippen molar-refractivity contribution >= 4 is 23.3 Å². The van der Waals surface area contributed by atoms with Gasteiger partial charge in [-0.1, -0.05) is 30.7 Å². The second-order valence-electron chi connectivity index (χ2n) is 8.27. The number of nitrogens with one attached hydrogen (secondary N) is 2. The number of hydrogen-bond donors (Lipinski definition) is 2. The third-order valence-electron chi connectivity index (χ3n) is 5.74. The molecule has 1 heterocycles. The van der Waals surface area contributed by atoms with Crippen molar-refractivity contribution in [2.45, 2.75) is 40.5 Å². The molecule has 1 aliphatic heterocycles. The molecular formula is C24H31N3O2. The average molecular weight is 394 g/mol. The van der Waals surface area contributed by atoms with E-state index < -0.39 is 0 Å². The van der Waals surface area contributed by atoms with Gasteiger partial charge in [0.05, 0.1) is 0 Å². The first kappa shape index (κ1) is 20.9. The van der Waals surface area contributed by atoms with E-state index in [1.807, 2.05) is 69.0 Å². The predicted molar refractivity (Wildman–Crippen MR) is 118 cm³/mol. The van der Waals surface area contributed by atoms with E-state index in [0.717, 1.165) is 40.9 Å². The Morgan fingerprint density at radius 2 is 1.45 bits per heavy atom. The summed E-state index contributed by atoms with van der Waals surface area (Å²) in [6.45, 7) is 9.42. The highest BCUT2D eigenvalue weighted by atomic mass is 16.2. The van der Waals surface area contributed by atoms with Crippen molar-refractivity contribution < 1.29 is 9.59 Å². The van der Waals surface area contributed by atoms with Crippen LogP contribution >= 0.6 is 0 Å². The lowest BCUT2D eigenvalue weighted by Gasteiger charge is -2.34. The summed E-state index contributed by atoms with van der Waals surface area (Å²) in [5.41, 5.74) is 5.11. The van der Waals surface area contributed by atoms with Crippen LogP contribution in [0.15, 0.2) is 42.5 Å². The molecule has 2 aromatic rings. The fourth-order valence-electron chi connectivity index (χ4n) is 3.96. The summed E-state index contributed by atoms with van der Waals surface area (Å²) in [7, 11) is 0. The van der Waals surface area contributed by atoms with Gasteiger partial charge in [0.15, 0.2) is 0 Å². The monoisotopic (exact) mass is 393 g/mol. The molecule has 29 heavy (non-hydrogen) atoms. The molecule has 3 amide bonds. The summed E-state index contributed by atoms with van der Waals surface area (Å²) in [6.07, 6.45) is 1.67. The van der Waals surface area contributed by atoms with Crippen LogP contribution in [0.25, 0.3) is 0 Å². The minimum Gasteiger partial charge on any atom is -0.326 e. The first-order valence-corrected chi connectivity index (χ1v) is 10.3. The maximum Gasteiger partial charge on any atom is 0.321 e. The van der Waals surface area contributed by atoms with Crippen molar-refractivity contribution in [2.24, 2.45) is 11.8 Å². The maximum atomic E-state index is 12.7. The van der Waals surface area contributed by atoms with Gasteiger partial charge in [-0.25, -0.2) is 4.79 Å². The van der Waals surface area contributed by atoms with Crippen LogP contribution < -0.4 is 10.6 Å². The summed E-state index contributed by atoms with van der Waals surface area (Å²) in [5, 5.41) is 6.02. The van der Waals surface area contributed by atoms with E-state index in [0.29, 0.717) is 13.1 Å². The Kier molecular flexibility index (Phi) is 6.57. The fourth-order valence-corrected chi connectivity index (χ4v) is 3.96. The second-order valence-corrected chi connectivity index (χ2v) is 8.27. The lowest BCUT2D eigenvalue weighted by atomic mass is 9.85. The smallest absolute Gasteiger partial charge is 0.321 e. The summed E-state index contributed by atoms with van der Waals surface area (Å²) >= 11 is 0. The Labute approximate surface area is 173 Å². The summed E-state index contributed by atoms with van der Waals surface area (Å²) in [6, 6.07) is 13.8. The van der Waals surface area contributed by atoms with Crippen LogP contribution in [-0.4, -0.2) is 29.9 Å². The van der Waals surface area contributed by atoms with Gasteiger partial charge in [-0.2, -0.15) is 0 Å². The first-order valence-electron chi connectivity index (χ1n) is 10.3. The molecule has 2 N–H and O–H groups in total. The maximum absolute atomic E-state index is 12.7. The summed E-state index contributed by atoms with van der Waals surface area (Å²) in [5.74, 6) is 0.250. The van der Waals surface area contributed by atoms with E-state index in [1.54, 1.807) is 0 Å². The van der Waals surface area contributed by atoms with Crippen LogP contribution in [0.5, 0.6) is 0 Å². The van der Waals surface area contributed by atoms with Crippen LogP contribution in [0.1, 0.15) is 36.5 Å². The Balaban J connectivity index is 1.50. The van der Waals surface area contributed by atoms with Gasteiger partial charge >= 0.3 is 6.03 Å². The van der Waals surface area contributed by atoms with Crippen molar-refractivity contribution in [1.82, 2.24) is 4.90 Å². The number of rotatable bonds is 4. The standard InChI is InChI=1S/C24H31N3O2/c1-16-5-7-21(8-6-16)26-24(29)27-11-9-20(10-12-27)19(4)23(28)25-22-14-17(2)13-18(3)15-22/h5-8,13-15,19-20H,9-12H2,1-4H3,(H,25,28)(H,26,29)/t19-/m0/s1. The Morgan fingerprint density at radius 1 is 0.862 bits per heavy atom. The molecule has 5 nitrogen and oxygen atoms in total. The fraction of sp³-hybridized carbons (Fsp3) is 0.417. The molecule has 0 radical (unpaired) electrons. The number of urea groups is 1. The van der Waals surface area contributed by atoms with Crippen molar-refractivity contribution in [2.75, 3.05) is 23.7 Å². The highest BCUT2D eigenvalue weighted by Gasteiger charge is 2.30. The van der Waals surface area contributed by atoms with Crippen LogP contribution in [0.4, 0.5) is 16.2 Å². The first-order chi connectivity index (χ1) is 13.8. The van der Waals surface area contributed by atoms with Crippen molar-refractivity contribution in [3.8, 4) is 0 Å². The van der Waals surface area contributed by atoms with Crippen molar-refractivity contribution in [3.05, 3.63) is 59.2 Å². The normalized spacial score (nSPS) is 15.7. The number of carbonyl (C=O) groups is 2. The van der Waals surface area contributed by atoms with E-state index in [1.165, 1.54) is 0 Å². The van der Waals surface area contributed by atoms with E-state index in [2.05, 4.69) is 16.7 Å². The zero-order chi connectivity index (χ0) is 21.0. The molecule has 1 atom stereocenters. The molecular weight excluding hydrogens is 362 g/mol. The molecule has 3 rings (SSSR count). The minimum absolute atomic E-state index is 0.0533. The number of anilines is 2. The van der Waals surface area contributed by atoms with E-state index >= 15 is 0 Å². The molecule has 0 saturated carbocycles. The summed E-state index contributed by atoms with van der Waals surface area (Å²) in [4.78, 5) is 27.1. The lowest BCUT2D eigenvalue weighted by molar-refractivity contribution is -0.121. The number of nitrogens with zero attached hydrogens (tertiary/aromatic N) is 1. The van der Waals surface area contributed by atoms with Crippen LogP contribution in [0.2, 0.25) is 0 Å². The van der Waals surface area contributed by atoms with Gasteiger partial charge in [-0.3, -0.25) is 4.79 Å². The highest BCUT2D eigenvalue weighted by molar-refractivity contribution is 5.93. The highest BCUT2D eigenvalue weighted by Crippen LogP contribution is 2.27. The van der Waals surface area contributed by atoms with Crippen LogP contribution in [0.3, 0.4) is 0 Å². The van der Waals surface area contributed by atoms with E-state index in [9.17, 15) is 9.59 Å². The van der Waals surface area contributed by atoms with Gasteiger partial charge in [0.2, 0.25) is 5.91 Å². The summed E-state index contributed by atoms with van der Waals surface area (Å²) < 4.78 is 0. The predicted octanol–water partition coefficient (Wildman–Crippen LogP) is 5.13. The molecule has 5 heteroatoms. The number of benzene rings is 2. The van der Waals surface area contributed by atoms with Crippen LogP contribution in [-0.2, 0) is 4.79 Å². The quantitative estimate of drug-likeness (QED) is 0.756. The molecule has 1 aliphatic rings. The van der Waals surface area contributed by atoms with Gasteiger partial charge < -0.3 is 15.5 Å². The van der Waals surface area contributed by atoms with Gasteiger partial charge in [-0.15, -0.1) is 0 Å². The molecule has 0 spiro atoms. The van der Waals surface area contributed by atoms with Gasteiger partial charge in [0.1, 0.15) is 0 Å². The third-order valence-corrected chi connectivity index (χ3v) is 5.74. The molecule has 0 aromatic heterocycles. The Bertz CT molecular complexity index is 848. The van der Waals surface area contributed by atoms with Crippen LogP contribution in [0, 0.1) is 32.6 Å². The van der Waals surface area contributed by atoms with Gasteiger partial charge in [-0.05, 0) is 74.9 Å². The number of piperidine rings is 1. The minimum atomic E-state index is -0.0851. The lowest BCUT2D eigenvalue weighted by Crippen LogP contribution is -2.43. The number of hydrogen-bond acceptors (Lipinski definition) is 2. The number of carbonyl (C=O) groups excluding carboxylic acids is 2. The zero-order valence-corrected chi connectivity index (χ0v) is 17.8. The second kappa shape index (κ2) is 9.12. The average Bonchev–Trinajstić information content (AvgIpc) is 2.68. The van der Waals surface area contributed by atoms with Crippen molar-refractivity contribution in [3.63, 3.8) is 0 Å². The SMILES string of the molecule is Cc1ccc(NC(=O)N2CCC([C@H](C)C(=O)Nc3cc(C)cc(C)c3)CC2)cc1. The number of amides is 3. The Morgan fingerprint density at radius 3 is 2.03 bits per heavy atom. The largest absolute Gasteiger partial charge is 0.326 e. The van der Waals surface area contributed by atoms with E-state index in [-0.39, 0.29) is 23.8 Å². The number of aryl methyl sites for hydroxylation is 3. The molecule has 0 bridgehead atoms. The molecule has 1 fully saturated rings. The third kappa shape index (κ3) is 5.59. The molecule has 0 aliphatic carbocycles. The van der Waals surface area contributed by atoms with Crippen molar-refractivity contribution in [1.29, 1.82) is 0 Å². The topological polar surface area (TPSA) is 61.4 Å². The van der Waals surface area contributed by atoms with Gasteiger partial charge in [0.25, 0.3) is 0 Å². The Hall–Kier alpha value is -2.82. The molecule has 1 saturated heterocycles.